The zero-order chi connectivity index (χ0) is 88.0. The van der Waals surface area contributed by atoms with Crippen molar-refractivity contribution in [3.63, 3.8) is 0 Å². The van der Waals surface area contributed by atoms with Crippen molar-refractivity contribution in [1.82, 2.24) is 81.8 Å². The Morgan fingerprint density at radius 1 is 0.385 bits per heavy atom. The summed E-state index contributed by atoms with van der Waals surface area (Å²) >= 11 is 0. The van der Waals surface area contributed by atoms with Crippen LogP contribution in [0.1, 0.15) is 57.1 Å². The molecule has 6 unspecified atom stereocenters. The van der Waals surface area contributed by atoms with Crippen LogP contribution in [0.2, 0.25) is 0 Å². The lowest BCUT2D eigenvalue weighted by atomic mass is 9.97. The number of nitrogens with zero attached hydrogens (tertiary/aromatic N) is 10. The summed E-state index contributed by atoms with van der Waals surface area (Å²) in [5.41, 5.74) is -0.306. The molecule has 0 saturated carbocycles. The molecule has 0 spiro atoms. The van der Waals surface area contributed by atoms with Crippen LogP contribution >= 0.6 is 0 Å². The maximum Gasteiger partial charge on any atom is 0.253 e. The van der Waals surface area contributed by atoms with Gasteiger partial charge in [0.05, 0.1) is 223 Å². The molecule has 0 bridgehead atoms. The summed E-state index contributed by atoms with van der Waals surface area (Å²) in [6, 6.07) is -3.31. The molecule has 15 N–H and O–H groups in total. The number of hydrogen-bond donors (Lipinski definition) is 15. The van der Waals surface area contributed by atoms with Gasteiger partial charge >= 0.3 is 0 Å². The second-order valence-electron chi connectivity index (χ2n) is 28.1. The summed E-state index contributed by atoms with van der Waals surface area (Å²) in [7, 11) is 0. The fourth-order valence-electron chi connectivity index (χ4n) is 12.2. The summed E-state index contributed by atoms with van der Waals surface area (Å²) in [5.74, 6) is -3.76. The van der Waals surface area contributed by atoms with Crippen LogP contribution in [0.3, 0.4) is 0 Å². The summed E-state index contributed by atoms with van der Waals surface area (Å²) in [4.78, 5) is 99.2. The van der Waals surface area contributed by atoms with Crippen LogP contribution in [0.15, 0.2) is 30.7 Å². The van der Waals surface area contributed by atoms with Crippen molar-refractivity contribution in [1.29, 1.82) is 0 Å². The molecule has 0 aromatic carbocycles. The Balaban J connectivity index is 0.910. The van der Waals surface area contributed by atoms with Crippen molar-refractivity contribution in [2.75, 3.05) is 185 Å². The number of imide groups is 1. The van der Waals surface area contributed by atoms with Gasteiger partial charge in [-0.1, -0.05) is 15.6 Å². The smallest absolute Gasteiger partial charge is 0.253 e. The molecule has 0 radical (unpaired) electrons. The van der Waals surface area contributed by atoms with Crippen molar-refractivity contribution in [3.05, 3.63) is 47.8 Å². The topological polar surface area (TPSA) is 643 Å². The quantitative estimate of drug-likeness (QED) is 0.0184. The molecule has 3 aromatic heterocycles. The number of hydrogen-bond acceptors (Lipinski definition) is 40. The third kappa shape index (κ3) is 36.3. The molecule has 122 heavy (non-hydrogen) atoms. The number of carbonyl (C=O) groups is 8. The largest absolute Gasteiger partial charge is 0.394 e. The van der Waals surface area contributed by atoms with E-state index in [2.05, 4.69) is 62.8 Å². The molecule has 7 heterocycles. The molecule has 4 aliphatic rings. The lowest BCUT2D eigenvalue weighted by Crippen LogP contribution is -2.64. The Bertz CT molecular complexity index is 3300. The highest BCUT2D eigenvalue weighted by Crippen LogP contribution is 2.26. The standard InChI is InChI=1S/C72H118N16O34/c1-46(92)75-60-66(103)63(100)52(37-89)120-69(60)117-31-28-111-25-22-108-17-12-85-34-49(79-82-85)40-114-43-72(78-57(97)6-9-73-56(96)8-15-106-20-21-107-16-10-74-55(95)7-11-88-58(98)4-5-59(88)99,44-115-41-50-35-86(83-80-50)13-18-109-23-26-112-29-32-118-70-61(76-47(2)93)67(104)64(101)53(38-90)121-70)45-116-42-51-36-87(84-81-51)14-19-110-24-27-113-30-33-119-71-62(77-48(3)94)68(105)65(102)54(39-91)122-71/h4-5,34-36,52-54,60-71,89-91,100-105H,6-33,37-45H2,1-3H3,(H,73,96)(H,74,95)(H,75,92)(H,76,93)(H,77,94)(H,78,97)/t52?,53?,54?,60-,61-,62-,63-,64-,65-,66?,67?,68?,69+,70+,71+,72?/m1/s1. The summed E-state index contributed by atoms with van der Waals surface area (Å²) in [6.45, 7) is 3.74. The Kier molecular flexibility index (Phi) is 46.5. The first-order valence-corrected chi connectivity index (χ1v) is 39.8. The molecule has 3 fully saturated rings. The Morgan fingerprint density at radius 3 is 1.06 bits per heavy atom. The number of aliphatic hydroxyl groups excluding tert-OH is 9. The minimum atomic E-state index is -1.49. The van der Waals surface area contributed by atoms with E-state index in [1.54, 1.807) is 18.6 Å². The van der Waals surface area contributed by atoms with Crippen LogP contribution in [-0.4, -0.2) is 425 Å². The predicted molar refractivity (Wildman–Crippen MR) is 406 cm³/mol. The van der Waals surface area contributed by atoms with Crippen molar-refractivity contribution in [2.45, 2.75) is 177 Å². The van der Waals surface area contributed by atoms with E-state index in [4.69, 9.17) is 80.5 Å². The van der Waals surface area contributed by atoms with E-state index in [0.717, 1.165) is 17.1 Å². The van der Waals surface area contributed by atoms with E-state index in [1.807, 2.05) is 0 Å². The third-order valence-corrected chi connectivity index (χ3v) is 18.4. The van der Waals surface area contributed by atoms with Gasteiger partial charge in [0.25, 0.3) is 11.8 Å². The number of aliphatic hydroxyl groups is 9. The van der Waals surface area contributed by atoms with Crippen molar-refractivity contribution < 1.29 is 165 Å². The predicted octanol–water partition coefficient (Wildman–Crippen LogP) is -10.4. The van der Waals surface area contributed by atoms with E-state index in [9.17, 15) is 84.3 Å². The van der Waals surface area contributed by atoms with Gasteiger partial charge in [-0.05, 0) is 0 Å². The minimum absolute atomic E-state index is 0.0208. The van der Waals surface area contributed by atoms with Gasteiger partial charge in [-0.25, -0.2) is 14.0 Å². The van der Waals surface area contributed by atoms with E-state index < -0.39 is 159 Å². The molecule has 0 aliphatic carbocycles. The van der Waals surface area contributed by atoms with Crippen LogP contribution in [0.5, 0.6) is 0 Å². The van der Waals surface area contributed by atoms with E-state index in [1.165, 1.54) is 34.8 Å². The number of carbonyl (C=O) groups excluding carboxylic acids is 8. The summed E-state index contributed by atoms with van der Waals surface area (Å²) in [6.07, 6.45) is -8.90. The Labute approximate surface area is 701 Å². The van der Waals surface area contributed by atoms with E-state index in [-0.39, 0.29) is 230 Å². The molecular formula is C72H118N16O34. The molecule has 4 aliphatic heterocycles. The number of nitrogens with one attached hydrogen (secondary N) is 6. The van der Waals surface area contributed by atoms with Crippen LogP contribution in [-0.2, 0) is 158 Å². The van der Waals surface area contributed by atoms with Gasteiger partial charge in [-0.2, -0.15) is 0 Å². The summed E-state index contributed by atoms with van der Waals surface area (Å²) < 4.78 is 102. The second-order valence-corrected chi connectivity index (χ2v) is 28.1. The van der Waals surface area contributed by atoms with Gasteiger partial charge in [0.1, 0.15) is 95.7 Å². The van der Waals surface area contributed by atoms with Crippen LogP contribution in [0.4, 0.5) is 0 Å². The highest BCUT2D eigenvalue weighted by molar-refractivity contribution is 6.13. The first-order valence-electron chi connectivity index (χ1n) is 39.8. The van der Waals surface area contributed by atoms with Crippen LogP contribution < -0.4 is 31.9 Å². The zero-order valence-corrected chi connectivity index (χ0v) is 68.4. The SMILES string of the molecule is CC(=O)N[C@@H]1C(O)[C@H](O)C(CO)O[C@@H]1OCCOCCOCCn1cc(COCC(COCc2cn(CCOCCOCCO[C@H]3OC(CO)[C@@H](O)C(O)[C@H]3NC(C)=O)nn2)(COCc2cn(CCOCCOCCO[C@H]3OC(CO)[C@@H](O)C(O)[C@H]3NC(C)=O)nn2)NC(=O)CCNC(=O)CCOCCOCCNC(=O)CCN2C(=O)C=CC2=O)nn1. The second kappa shape index (κ2) is 56.1. The van der Waals surface area contributed by atoms with E-state index >= 15 is 0 Å². The molecule has 3 saturated heterocycles. The fraction of sp³-hybridized carbons (Fsp3) is 0.778. The van der Waals surface area contributed by atoms with Crippen LogP contribution in [0.25, 0.3) is 0 Å². The normalized spacial score (nSPS) is 24.0. The number of aromatic nitrogens is 9. The maximum atomic E-state index is 14.2. The number of ether oxygens (including phenoxy) is 17. The molecule has 3 aromatic rings. The van der Waals surface area contributed by atoms with Gasteiger partial charge in [-0.3, -0.25) is 43.3 Å². The highest BCUT2D eigenvalue weighted by atomic mass is 16.7. The maximum absolute atomic E-state index is 14.2. The molecule has 50 nitrogen and oxygen atoms in total. The Hall–Kier alpha value is -7.92. The monoisotopic (exact) mass is 1750 g/mol. The highest BCUT2D eigenvalue weighted by Gasteiger charge is 2.48. The van der Waals surface area contributed by atoms with Gasteiger partial charge in [0.15, 0.2) is 18.9 Å². The third-order valence-electron chi connectivity index (χ3n) is 18.4. The van der Waals surface area contributed by atoms with Gasteiger partial charge in [-0.15, -0.1) is 15.3 Å². The molecule has 15 atom stereocenters. The van der Waals surface area contributed by atoms with Gasteiger partial charge in [0.2, 0.25) is 35.4 Å². The van der Waals surface area contributed by atoms with Gasteiger partial charge < -0.3 is 158 Å². The van der Waals surface area contributed by atoms with Crippen molar-refractivity contribution in [3.8, 4) is 0 Å². The van der Waals surface area contributed by atoms with Crippen LogP contribution in [0, 0.1) is 0 Å². The number of rotatable bonds is 64. The van der Waals surface area contributed by atoms with Crippen molar-refractivity contribution in [2.24, 2.45) is 0 Å². The average molecular weight is 1750 g/mol. The lowest BCUT2D eigenvalue weighted by molar-refractivity contribution is -0.272. The van der Waals surface area contributed by atoms with Gasteiger partial charge in [0, 0.05) is 71.8 Å². The first-order chi connectivity index (χ1) is 58.9. The molecule has 690 valence electrons. The summed E-state index contributed by atoms with van der Waals surface area (Å²) in [5, 5.41) is 133. The Morgan fingerprint density at radius 2 is 0.705 bits per heavy atom. The lowest BCUT2D eigenvalue weighted by Gasteiger charge is -2.42. The fourth-order valence-corrected chi connectivity index (χ4v) is 12.2. The first kappa shape index (κ1) is 101. The van der Waals surface area contributed by atoms with E-state index in [0.29, 0.717) is 17.1 Å². The average Bonchev–Trinajstić information content (AvgIpc) is 0.869. The molecule has 50 heteroatoms. The zero-order valence-electron chi connectivity index (χ0n) is 68.4. The molecule has 8 amide bonds. The molecule has 7 rings (SSSR count). The molecular weight excluding hydrogens is 1630 g/mol. The number of amides is 8. The minimum Gasteiger partial charge on any atom is -0.394 e. The van der Waals surface area contributed by atoms with Crippen molar-refractivity contribution >= 4 is 47.3 Å².